The summed E-state index contributed by atoms with van der Waals surface area (Å²) in [5, 5.41) is 10.9. The van der Waals surface area contributed by atoms with Crippen molar-refractivity contribution in [3.63, 3.8) is 0 Å². The summed E-state index contributed by atoms with van der Waals surface area (Å²) in [5.74, 6) is 2.83. The normalized spacial score (nSPS) is 25.5. The quantitative estimate of drug-likeness (QED) is 0.730. The molecule has 1 heterocycles. The van der Waals surface area contributed by atoms with E-state index in [2.05, 4.69) is 29.1 Å². The second-order valence-electron chi connectivity index (χ2n) is 6.84. The van der Waals surface area contributed by atoms with Crippen molar-refractivity contribution in [3.05, 3.63) is 18.2 Å². The number of H-pyrrole nitrogens is 1. The zero-order chi connectivity index (χ0) is 17.3. The third-order valence-electron chi connectivity index (χ3n) is 5.04. The second-order valence-corrected chi connectivity index (χ2v) is 8.34. The van der Waals surface area contributed by atoms with Crippen molar-refractivity contribution in [2.45, 2.75) is 38.0 Å². The first-order valence-electron chi connectivity index (χ1n) is 8.30. The van der Waals surface area contributed by atoms with E-state index in [4.69, 9.17) is 5.11 Å². The Morgan fingerprint density at radius 1 is 1.42 bits per heavy atom. The molecule has 1 aromatic heterocycles. The summed E-state index contributed by atoms with van der Waals surface area (Å²) in [7, 11) is 0. The average Bonchev–Trinajstić information content (AvgIpc) is 2.91. The van der Waals surface area contributed by atoms with Crippen LogP contribution in [0.4, 0.5) is 10.7 Å². The summed E-state index contributed by atoms with van der Waals surface area (Å²) in [4.78, 5) is 18.5. The largest absolute Gasteiger partial charge is 0.611 e. The van der Waals surface area contributed by atoms with E-state index in [9.17, 15) is 9.35 Å². The van der Waals surface area contributed by atoms with Crippen LogP contribution in [0, 0.1) is 17.8 Å². The summed E-state index contributed by atoms with van der Waals surface area (Å²) in [6.45, 7) is 4.58. The van der Waals surface area contributed by atoms with Crippen LogP contribution in [0.25, 0.3) is 11.0 Å². The number of amides is 1. The van der Waals surface area contributed by atoms with Gasteiger partial charge in [-0.2, -0.15) is 0 Å². The predicted molar refractivity (Wildman–Crippen MR) is 94.7 cm³/mol. The summed E-state index contributed by atoms with van der Waals surface area (Å²) in [6.07, 6.45) is 2.34. The second kappa shape index (κ2) is 7.03. The number of hydrogen-bond donors (Lipinski definition) is 3. The molecule has 130 valence electrons. The first-order valence-corrected chi connectivity index (χ1v) is 9.62. The summed E-state index contributed by atoms with van der Waals surface area (Å²) >= 11 is -1.06. The molecule has 6 nitrogen and oxygen atoms in total. The molecule has 24 heavy (non-hydrogen) atoms. The van der Waals surface area contributed by atoms with Gasteiger partial charge in [-0.3, -0.25) is 5.32 Å². The molecule has 0 spiro atoms. The fraction of sp³-hybridized carbons (Fsp3) is 0.529. The zero-order valence-corrected chi connectivity index (χ0v) is 14.7. The lowest BCUT2D eigenvalue weighted by atomic mass is 9.77. The fourth-order valence-electron chi connectivity index (χ4n) is 3.41. The number of carboxylic acid groups (broad SMARTS) is 1. The van der Waals surface area contributed by atoms with Crippen LogP contribution in [0.3, 0.4) is 0 Å². The van der Waals surface area contributed by atoms with Gasteiger partial charge in [0.25, 0.3) is 0 Å². The number of aromatic nitrogens is 2. The van der Waals surface area contributed by atoms with E-state index in [1.165, 1.54) is 6.42 Å². The molecule has 0 bridgehead atoms. The number of fused-ring (bicyclic) bond motifs is 1. The molecule has 7 heteroatoms. The van der Waals surface area contributed by atoms with E-state index < -0.39 is 17.3 Å². The van der Waals surface area contributed by atoms with Crippen LogP contribution in [0.1, 0.15) is 33.1 Å². The maximum absolute atomic E-state index is 12.7. The first kappa shape index (κ1) is 17.1. The minimum absolute atomic E-state index is 0.176. The van der Waals surface area contributed by atoms with Crippen molar-refractivity contribution >= 4 is 34.3 Å². The maximum Gasteiger partial charge on any atom is 0.411 e. The molecule has 3 N–H and O–H groups in total. The number of hydrogen-bond acceptors (Lipinski definition) is 3. The molecule has 0 radical (unpaired) electrons. The molecule has 4 unspecified atom stereocenters. The van der Waals surface area contributed by atoms with Gasteiger partial charge in [0.2, 0.25) is 5.95 Å². The van der Waals surface area contributed by atoms with Crippen LogP contribution < -0.4 is 5.32 Å². The molecule has 0 aliphatic heterocycles. The molecule has 1 aliphatic rings. The standard InChI is InChI=1S/C17H23N3O3S/c1-10-3-4-12(7-11(10)2)9-24(23)13-5-6-14-15(8-13)19-16(18-14)20-17(21)22/h5-6,8,10-12H,3-4,7,9H2,1-2H3,(H,21,22)(H2,18,19,20). The number of aromatic amines is 1. The lowest BCUT2D eigenvalue weighted by molar-refractivity contribution is 0.209. The molecular weight excluding hydrogens is 326 g/mol. The van der Waals surface area contributed by atoms with Crippen molar-refractivity contribution in [2.24, 2.45) is 17.8 Å². The summed E-state index contributed by atoms with van der Waals surface area (Å²) in [6, 6.07) is 5.41. The number of carbonyl (C=O) groups is 1. The topological polar surface area (TPSA) is 101 Å². The highest BCUT2D eigenvalue weighted by molar-refractivity contribution is 7.91. The minimum Gasteiger partial charge on any atom is -0.611 e. The Morgan fingerprint density at radius 3 is 2.92 bits per heavy atom. The van der Waals surface area contributed by atoms with Crippen LogP contribution in [-0.2, 0) is 11.2 Å². The number of benzene rings is 1. The van der Waals surface area contributed by atoms with Crippen LogP contribution in [0.5, 0.6) is 0 Å². The molecule has 1 saturated carbocycles. The van der Waals surface area contributed by atoms with Crippen molar-refractivity contribution in [2.75, 3.05) is 11.1 Å². The van der Waals surface area contributed by atoms with Crippen molar-refractivity contribution in [1.82, 2.24) is 9.97 Å². The van der Waals surface area contributed by atoms with Gasteiger partial charge in [-0.15, -0.1) is 0 Å². The number of anilines is 1. The van der Waals surface area contributed by atoms with E-state index in [0.29, 0.717) is 23.1 Å². The highest BCUT2D eigenvalue weighted by Gasteiger charge is 2.28. The maximum atomic E-state index is 12.7. The third kappa shape index (κ3) is 3.84. The molecule has 1 aliphatic carbocycles. The monoisotopic (exact) mass is 349 g/mol. The van der Waals surface area contributed by atoms with Gasteiger partial charge in [-0.05, 0) is 48.0 Å². The highest BCUT2D eigenvalue weighted by Crippen LogP contribution is 2.35. The number of nitrogens with zero attached hydrogens (tertiary/aromatic N) is 1. The highest BCUT2D eigenvalue weighted by atomic mass is 32.2. The predicted octanol–water partition coefficient (Wildman–Crippen LogP) is 3.83. The van der Waals surface area contributed by atoms with E-state index in [0.717, 1.165) is 29.2 Å². The summed E-state index contributed by atoms with van der Waals surface area (Å²) in [5.41, 5.74) is 1.34. The Hall–Kier alpha value is -1.73. The molecule has 1 amide bonds. The molecule has 4 atom stereocenters. The first-order chi connectivity index (χ1) is 11.4. The zero-order valence-electron chi connectivity index (χ0n) is 13.9. The molecule has 0 saturated heterocycles. The van der Waals surface area contributed by atoms with E-state index in [-0.39, 0.29) is 5.95 Å². The van der Waals surface area contributed by atoms with Gasteiger partial charge in [-0.1, -0.05) is 20.3 Å². The van der Waals surface area contributed by atoms with Gasteiger partial charge >= 0.3 is 6.09 Å². The lowest BCUT2D eigenvalue weighted by Gasteiger charge is -2.31. The third-order valence-corrected chi connectivity index (χ3v) is 6.59. The van der Waals surface area contributed by atoms with E-state index >= 15 is 0 Å². The number of imidazole rings is 1. The van der Waals surface area contributed by atoms with Gasteiger partial charge in [0, 0.05) is 12.0 Å². The molecular formula is C17H23N3O3S. The SMILES string of the molecule is CC1CCC(C[S+]([O-])c2ccc3[nH]c(NC(=O)O)nc3c2)CC1C. The van der Waals surface area contributed by atoms with Crippen LogP contribution in [-0.4, -0.2) is 31.5 Å². The van der Waals surface area contributed by atoms with Crippen LogP contribution >= 0.6 is 0 Å². The Balaban J connectivity index is 1.70. The Kier molecular flexibility index (Phi) is 5.01. The van der Waals surface area contributed by atoms with Crippen LogP contribution in [0.2, 0.25) is 0 Å². The van der Waals surface area contributed by atoms with Crippen molar-refractivity contribution in [1.29, 1.82) is 0 Å². The number of nitrogens with one attached hydrogen (secondary N) is 2. The summed E-state index contributed by atoms with van der Waals surface area (Å²) < 4.78 is 12.7. The average molecular weight is 349 g/mol. The fourth-order valence-corrected chi connectivity index (χ4v) is 4.79. The molecule has 1 aromatic carbocycles. The van der Waals surface area contributed by atoms with Gasteiger partial charge < -0.3 is 14.6 Å². The Morgan fingerprint density at radius 2 is 2.21 bits per heavy atom. The lowest BCUT2D eigenvalue weighted by Crippen LogP contribution is -2.26. The minimum atomic E-state index is -1.17. The molecule has 2 aromatic rings. The van der Waals surface area contributed by atoms with Gasteiger partial charge in [0.1, 0.15) is 5.75 Å². The molecule has 1 fully saturated rings. The van der Waals surface area contributed by atoms with Gasteiger partial charge in [0.05, 0.1) is 11.0 Å². The Bertz CT molecular complexity index is 733. The van der Waals surface area contributed by atoms with Crippen LogP contribution in [0.15, 0.2) is 23.1 Å². The van der Waals surface area contributed by atoms with Gasteiger partial charge in [0.15, 0.2) is 4.90 Å². The van der Waals surface area contributed by atoms with Crippen molar-refractivity contribution in [3.8, 4) is 0 Å². The van der Waals surface area contributed by atoms with Crippen molar-refractivity contribution < 1.29 is 14.5 Å². The number of rotatable bonds is 4. The Labute approximate surface area is 144 Å². The van der Waals surface area contributed by atoms with E-state index in [1.54, 1.807) is 12.1 Å². The van der Waals surface area contributed by atoms with Gasteiger partial charge in [-0.25, -0.2) is 9.78 Å². The smallest absolute Gasteiger partial charge is 0.411 e. The molecule has 3 rings (SSSR count). The van der Waals surface area contributed by atoms with E-state index in [1.807, 2.05) is 6.07 Å².